The van der Waals surface area contributed by atoms with E-state index in [1.807, 2.05) is 38.1 Å². The van der Waals surface area contributed by atoms with Crippen LogP contribution < -0.4 is 0 Å². The Morgan fingerprint density at radius 2 is 1.93 bits per heavy atom. The van der Waals surface area contributed by atoms with Gasteiger partial charge in [-0.05, 0) is 25.5 Å². The van der Waals surface area contributed by atoms with E-state index in [1.54, 1.807) is 10.7 Å². The van der Waals surface area contributed by atoms with Crippen LogP contribution in [0.15, 0.2) is 30.3 Å². The maximum Gasteiger partial charge on any atom is 0.230 e. The first-order valence-corrected chi connectivity index (χ1v) is 4.50. The van der Waals surface area contributed by atoms with Crippen molar-refractivity contribution >= 4 is 0 Å². The molecule has 14 heavy (non-hydrogen) atoms. The van der Waals surface area contributed by atoms with Gasteiger partial charge in [0.2, 0.25) is 5.88 Å². The molecule has 2 aromatic rings. The third-order valence-electron chi connectivity index (χ3n) is 2.22. The summed E-state index contributed by atoms with van der Waals surface area (Å²) in [6.07, 6.45) is 0. The van der Waals surface area contributed by atoms with Crippen molar-refractivity contribution in [1.29, 1.82) is 0 Å². The van der Waals surface area contributed by atoms with Gasteiger partial charge < -0.3 is 5.11 Å². The van der Waals surface area contributed by atoms with Crippen molar-refractivity contribution in [3.8, 4) is 11.6 Å². The molecule has 72 valence electrons. The molecule has 0 saturated carbocycles. The van der Waals surface area contributed by atoms with E-state index in [0.29, 0.717) is 0 Å². The Balaban J connectivity index is 2.60. The first-order valence-electron chi connectivity index (χ1n) is 4.50. The van der Waals surface area contributed by atoms with Crippen LogP contribution in [-0.2, 0) is 0 Å². The van der Waals surface area contributed by atoms with Crippen molar-refractivity contribution in [2.24, 2.45) is 0 Å². The highest BCUT2D eigenvalue weighted by Gasteiger charge is 2.06. The summed E-state index contributed by atoms with van der Waals surface area (Å²) >= 11 is 0. The number of hydrogen-bond donors (Lipinski definition) is 1. The fraction of sp³-hybridized carbons (Fsp3) is 0.182. The van der Waals surface area contributed by atoms with Crippen molar-refractivity contribution in [1.82, 2.24) is 9.78 Å². The van der Waals surface area contributed by atoms with Crippen LogP contribution in [0.3, 0.4) is 0 Å². The van der Waals surface area contributed by atoms with Gasteiger partial charge in [0.25, 0.3) is 0 Å². The Hall–Kier alpha value is -1.77. The summed E-state index contributed by atoms with van der Waals surface area (Å²) in [7, 11) is 0. The van der Waals surface area contributed by atoms with Crippen molar-refractivity contribution in [3.05, 3.63) is 41.6 Å². The second-order valence-electron chi connectivity index (χ2n) is 3.34. The number of nitrogens with zero attached hydrogens (tertiary/aromatic N) is 2. The average Bonchev–Trinajstić information content (AvgIpc) is 2.46. The minimum Gasteiger partial charge on any atom is -0.492 e. The molecule has 1 aromatic carbocycles. The summed E-state index contributed by atoms with van der Waals surface area (Å²) in [4.78, 5) is 0. The zero-order valence-corrected chi connectivity index (χ0v) is 8.23. The molecule has 3 nitrogen and oxygen atoms in total. The van der Waals surface area contributed by atoms with Gasteiger partial charge in [-0.25, -0.2) is 4.68 Å². The fourth-order valence-corrected chi connectivity index (χ4v) is 1.50. The average molecular weight is 188 g/mol. The van der Waals surface area contributed by atoms with E-state index in [4.69, 9.17) is 0 Å². The quantitative estimate of drug-likeness (QED) is 0.745. The number of aromatic nitrogens is 2. The number of benzene rings is 1. The Morgan fingerprint density at radius 3 is 2.50 bits per heavy atom. The van der Waals surface area contributed by atoms with Gasteiger partial charge in [-0.2, -0.15) is 0 Å². The van der Waals surface area contributed by atoms with Crippen molar-refractivity contribution < 1.29 is 5.11 Å². The Labute approximate surface area is 82.6 Å². The minimum absolute atomic E-state index is 0.0609. The minimum atomic E-state index is 0.0609. The Morgan fingerprint density at radius 1 is 1.21 bits per heavy atom. The molecule has 1 aromatic heterocycles. The van der Waals surface area contributed by atoms with Gasteiger partial charge in [0.1, 0.15) is 0 Å². The second kappa shape index (κ2) is 3.18. The standard InChI is InChI=1S/C11H12N2O/c1-8-5-3-4-6-10(8)13-9(2)7-11(14)12-13/h3-7H,1-2H3,(H,12,14). The lowest BCUT2D eigenvalue weighted by Gasteiger charge is -2.06. The number of para-hydroxylation sites is 1. The molecule has 0 aliphatic rings. The molecule has 0 bridgehead atoms. The summed E-state index contributed by atoms with van der Waals surface area (Å²) < 4.78 is 1.74. The van der Waals surface area contributed by atoms with Gasteiger partial charge in [0, 0.05) is 11.8 Å². The van der Waals surface area contributed by atoms with E-state index in [-0.39, 0.29) is 5.88 Å². The highest BCUT2D eigenvalue weighted by Crippen LogP contribution is 2.17. The van der Waals surface area contributed by atoms with Crippen LogP contribution in [0, 0.1) is 13.8 Å². The third-order valence-corrected chi connectivity index (χ3v) is 2.22. The van der Waals surface area contributed by atoms with Crippen LogP contribution >= 0.6 is 0 Å². The molecule has 1 N–H and O–H groups in total. The second-order valence-corrected chi connectivity index (χ2v) is 3.34. The maximum absolute atomic E-state index is 9.25. The number of rotatable bonds is 1. The van der Waals surface area contributed by atoms with E-state index in [2.05, 4.69) is 5.10 Å². The molecule has 3 heteroatoms. The van der Waals surface area contributed by atoms with Gasteiger partial charge in [-0.15, -0.1) is 5.10 Å². The SMILES string of the molecule is Cc1ccccc1-n1nc(O)cc1C. The van der Waals surface area contributed by atoms with Gasteiger partial charge in [0.05, 0.1) is 5.69 Å². The molecule has 0 saturated heterocycles. The number of aromatic hydroxyl groups is 1. The third kappa shape index (κ3) is 1.37. The Kier molecular flexibility index (Phi) is 2.00. The summed E-state index contributed by atoms with van der Waals surface area (Å²) in [6.45, 7) is 3.94. The molecule has 0 aliphatic heterocycles. The molecule has 0 unspecified atom stereocenters. The molecule has 0 radical (unpaired) electrons. The van der Waals surface area contributed by atoms with Crippen LogP contribution in [0.2, 0.25) is 0 Å². The topological polar surface area (TPSA) is 38.0 Å². The lowest BCUT2D eigenvalue weighted by molar-refractivity contribution is 0.447. The van der Waals surface area contributed by atoms with Gasteiger partial charge in [-0.3, -0.25) is 0 Å². The summed E-state index contributed by atoms with van der Waals surface area (Å²) in [5.41, 5.74) is 3.07. The molecule has 1 heterocycles. The molecule has 0 atom stereocenters. The molecule has 0 aliphatic carbocycles. The summed E-state index contributed by atoms with van der Waals surface area (Å²) in [5.74, 6) is 0.0609. The first kappa shape index (κ1) is 8.81. The van der Waals surface area contributed by atoms with Gasteiger partial charge in [-0.1, -0.05) is 18.2 Å². The summed E-state index contributed by atoms with van der Waals surface area (Å²) in [6, 6.07) is 9.59. The van der Waals surface area contributed by atoms with Crippen LogP contribution in [-0.4, -0.2) is 14.9 Å². The van der Waals surface area contributed by atoms with Crippen molar-refractivity contribution in [2.45, 2.75) is 13.8 Å². The van der Waals surface area contributed by atoms with Crippen molar-refractivity contribution in [2.75, 3.05) is 0 Å². The zero-order valence-electron chi connectivity index (χ0n) is 8.23. The molecule has 2 rings (SSSR count). The lowest BCUT2D eigenvalue weighted by atomic mass is 10.2. The van der Waals surface area contributed by atoms with Crippen LogP contribution in [0.1, 0.15) is 11.3 Å². The Bertz CT molecular complexity index is 460. The lowest BCUT2D eigenvalue weighted by Crippen LogP contribution is -2.00. The van der Waals surface area contributed by atoms with E-state index >= 15 is 0 Å². The van der Waals surface area contributed by atoms with E-state index < -0.39 is 0 Å². The zero-order chi connectivity index (χ0) is 10.1. The van der Waals surface area contributed by atoms with E-state index in [9.17, 15) is 5.11 Å². The van der Waals surface area contributed by atoms with Gasteiger partial charge >= 0.3 is 0 Å². The monoisotopic (exact) mass is 188 g/mol. The van der Waals surface area contributed by atoms with Gasteiger partial charge in [0.15, 0.2) is 0 Å². The molecular weight excluding hydrogens is 176 g/mol. The van der Waals surface area contributed by atoms with E-state index in [1.165, 1.54) is 0 Å². The van der Waals surface area contributed by atoms with Crippen molar-refractivity contribution in [3.63, 3.8) is 0 Å². The van der Waals surface area contributed by atoms with Crippen LogP contribution in [0.25, 0.3) is 5.69 Å². The highest BCUT2D eigenvalue weighted by atomic mass is 16.3. The number of hydrogen-bond acceptors (Lipinski definition) is 2. The molecule has 0 fully saturated rings. The predicted molar refractivity (Wildman–Crippen MR) is 54.7 cm³/mol. The first-order chi connectivity index (χ1) is 6.68. The molecule has 0 amide bonds. The smallest absolute Gasteiger partial charge is 0.230 e. The fourth-order valence-electron chi connectivity index (χ4n) is 1.50. The number of aryl methyl sites for hydroxylation is 2. The normalized spacial score (nSPS) is 10.4. The largest absolute Gasteiger partial charge is 0.492 e. The maximum atomic E-state index is 9.25. The summed E-state index contributed by atoms with van der Waals surface area (Å²) in [5, 5.41) is 13.3. The highest BCUT2D eigenvalue weighted by molar-refractivity contribution is 5.41. The molecule has 0 spiro atoms. The van der Waals surface area contributed by atoms with Crippen LogP contribution in [0.5, 0.6) is 5.88 Å². The van der Waals surface area contributed by atoms with Crippen LogP contribution in [0.4, 0.5) is 0 Å². The molecular formula is C11H12N2O. The predicted octanol–water partition coefficient (Wildman–Crippen LogP) is 2.19. The van der Waals surface area contributed by atoms with E-state index in [0.717, 1.165) is 16.9 Å².